The van der Waals surface area contributed by atoms with Gasteiger partial charge in [-0.3, -0.25) is 15.0 Å². The van der Waals surface area contributed by atoms with Crippen LogP contribution in [0.4, 0.5) is 0 Å². The van der Waals surface area contributed by atoms with Crippen LogP contribution in [0.3, 0.4) is 0 Å². The summed E-state index contributed by atoms with van der Waals surface area (Å²) in [7, 11) is 0. The Bertz CT molecular complexity index is 525. The standard InChI is InChI=1S/C13H16N2O4/c1-13(2,12(17)15-14)7-19-8-3-4-9-10(16)6-18-11(9)5-8/h3-5H,6-7,14H2,1-2H3,(H,15,17). The van der Waals surface area contributed by atoms with Crippen molar-refractivity contribution in [2.75, 3.05) is 13.2 Å². The van der Waals surface area contributed by atoms with Crippen molar-refractivity contribution in [1.82, 2.24) is 5.43 Å². The van der Waals surface area contributed by atoms with Crippen molar-refractivity contribution < 1.29 is 19.1 Å². The van der Waals surface area contributed by atoms with Crippen LogP contribution in [0.1, 0.15) is 24.2 Å². The van der Waals surface area contributed by atoms with Gasteiger partial charge in [0.25, 0.3) is 0 Å². The number of nitrogens with one attached hydrogen (secondary N) is 1. The zero-order valence-corrected chi connectivity index (χ0v) is 10.9. The van der Waals surface area contributed by atoms with E-state index in [2.05, 4.69) is 5.43 Å². The number of hydrogen-bond donors (Lipinski definition) is 2. The Hall–Kier alpha value is -2.08. The van der Waals surface area contributed by atoms with Gasteiger partial charge in [-0.25, -0.2) is 5.84 Å². The zero-order chi connectivity index (χ0) is 14.0. The third-order valence-corrected chi connectivity index (χ3v) is 2.96. The largest absolute Gasteiger partial charge is 0.492 e. The van der Waals surface area contributed by atoms with Crippen molar-refractivity contribution in [2.45, 2.75) is 13.8 Å². The van der Waals surface area contributed by atoms with E-state index in [-0.39, 0.29) is 24.9 Å². The number of ether oxygens (including phenoxy) is 2. The van der Waals surface area contributed by atoms with E-state index >= 15 is 0 Å². The molecule has 2 rings (SSSR count). The number of fused-ring (bicyclic) bond motifs is 1. The van der Waals surface area contributed by atoms with Gasteiger partial charge in [0.2, 0.25) is 11.7 Å². The predicted octanol–water partition coefficient (Wildman–Crippen LogP) is 0.657. The van der Waals surface area contributed by atoms with E-state index in [0.717, 1.165) is 0 Å². The maximum atomic E-state index is 11.5. The van der Waals surface area contributed by atoms with Crippen LogP contribution in [0.25, 0.3) is 0 Å². The number of nitrogens with two attached hydrogens (primary N) is 1. The van der Waals surface area contributed by atoms with Gasteiger partial charge < -0.3 is 9.47 Å². The topological polar surface area (TPSA) is 90.6 Å². The van der Waals surface area contributed by atoms with Crippen LogP contribution in [0.5, 0.6) is 11.5 Å². The number of rotatable bonds is 4. The third-order valence-electron chi connectivity index (χ3n) is 2.96. The lowest BCUT2D eigenvalue weighted by molar-refractivity contribution is -0.130. The summed E-state index contributed by atoms with van der Waals surface area (Å²) in [5, 5.41) is 0. The van der Waals surface area contributed by atoms with E-state index in [0.29, 0.717) is 17.1 Å². The van der Waals surface area contributed by atoms with Gasteiger partial charge in [0.05, 0.1) is 11.0 Å². The highest BCUT2D eigenvalue weighted by molar-refractivity contribution is 6.02. The van der Waals surface area contributed by atoms with Crippen LogP contribution in [0.2, 0.25) is 0 Å². The molecule has 1 heterocycles. The first-order chi connectivity index (χ1) is 8.94. The van der Waals surface area contributed by atoms with E-state index in [1.807, 2.05) is 0 Å². The second-order valence-corrected chi connectivity index (χ2v) is 5.02. The molecule has 0 atom stereocenters. The molecule has 0 aliphatic carbocycles. The Balaban J connectivity index is 2.05. The summed E-state index contributed by atoms with van der Waals surface area (Å²) in [5.41, 5.74) is 1.92. The molecule has 1 aromatic carbocycles. The Morgan fingerprint density at radius 1 is 1.53 bits per heavy atom. The summed E-state index contributed by atoms with van der Waals surface area (Å²) in [5.74, 6) is 5.83. The fourth-order valence-corrected chi connectivity index (χ4v) is 1.69. The van der Waals surface area contributed by atoms with Crippen LogP contribution in [0, 0.1) is 5.41 Å². The molecular weight excluding hydrogens is 248 g/mol. The van der Waals surface area contributed by atoms with Gasteiger partial charge >= 0.3 is 0 Å². The van der Waals surface area contributed by atoms with Gasteiger partial charge in [-0.15, -0.1) is 0 Å². The molecule has 0 radical (unpaired) electrons. The van der Waals surface area contributed by atoms with Gasteiger partial charge in [-0.1, -0.05) is 0 Å². The van der Waals surface area contributed by atoms with Crippen molar-refractivity contribution in [3.05, 3.63) is 23.8 Å². The first kappa shape index (κ1) is 13.4. The molecule has 0 fully saturated rings. The molecule has 102 valence electrons. The third kappa shape index (κ3) is 2.68. The number of Topliss-reactive ketones (excluding diaryl/α,β-unsaturated/α-hetero) is 1. The maximum absolute atomic E-state index is 11.5. The number of benzene rings is 1. The Morgan fingerprint density at radius 2 is 2.26 bits per heavy atom. The van der Waals surface area contributed by atoms with Crippen LogP contribution in [0.15, 0.2) is 18.2 Å². The first-order valence-corrected chi connectivity index (χ1v) is 5.88. The van der Waals surface area contributed by atoms with E-state index in [9.17, 15) is 9.59 Å². The molecule has 0 unspecified atom stereocenters. The lowest BCUT2D eigenvalue weighted by atomic mass is 9.94. The molecule has 6 nitrogen and oxygen atoms in total. The number of carbonyl (C=O) groups excluding carboxylic acids is 2. The summed E-state index contributed by atoms with van der Waals surface area (Å²) >= 11 is 0. The van der Waals surface area contributed by atoms with Crippen LogP contribution in [-0.4, -0.2) is 24.9 Å². The second-order valence-electron chi connectivity index (χ2n) is 5.02. The average molecular weight is 264 g/mol. The first-order valence-electron chi connectivity index (χ1n) is 5.88. The van der Waals surface area contributed by atoms with Crippen molar-refractivity contribution in [3.8, 4) is 11.5 Å². The Labute approximate surface area is 110 Å². The second kappa shape index (κ2) is 4.89. The molecule has 0 saturated heterocycles. The molecule has 19 heavy (non-hydrogen) atoms. The summed E-state index contributed by atoms with van der Waals surface area (Å²) in [6.45, 7) is 3.69. The fourth-order valence-electron chi connectivity index (χ4n) is 1.69. The van der Waals surface area contributed by atoms with E-state index in [4.69, 9.17) is 15.3 Å². The van der Waals surface area contributed by atoms with E-state index in [1.54, 1.807) is 32.0 Å². The summed E-state index contributed by atoms with van der Waals surface area (Å²) in [6, 6.07) is 4.99. The number of amides is 1. The Morgan fingerprint density at radius 3 is 2.95 bits per heavy atom. The summed E-state index contributed by atoms with van der Waals surface area (Å²) < 4.78 is 10.8. The minimum absolute atomic E-state index is 0.0376. The van der Waals surface area contributed by atoms with E-state index in [1.165, 1.54) is 0 Å². The average Bonchev–Trinajstić information content (AvgIpc) is 2.77. The summed E-state index contributed by atoms with van der Waals surface area (Å²) in [4.78, 5) is 22.9. The molecule has 1 aliphatic heterocycles. The van der Waals surface area contributed by atoms with Crippen molar-refractivity contribution >= 4 is 11.7 Å². The molecule has 6 heteroatoms. The number of hydrogen-bond acceptors (Lipinski definition) is 5. The van der Waals surface area contributed by atoms with Gasteiger partial charge in [-0.2, -0.15) is 0 Å². The molecular formula is C13H16N2O4. The molecule has 3 N–H and O–H groups in total. The van der Waals surface area contributed by atoms with Crippen molar-refractivity contribution in [2.24, 2.45) is 11.3 Å². The molecule has 0 saturated carbocycles. The fraction of sp³-hybridized carbons (Fsp3) is 0.385. The van der Waals surface area contributed by atoms with Crippen molar-refractivity contribution in [3.63, 3.8) is 0 Å². The minimum atomic E-state index is -0.746. The number of hydrazine groups is 1. The monoisotopic (exact) mass is 264 g/mol. The van der Waals surface area contributed by atoms with Gasteiger partial charge in [0.1, 0.15) is 18.1 Å². The van der Waals surface area contributed by atoms with Crippen molar-refractivity contribution in [1.29, 1.82) is 0 Å². The smallest absolute Gasteiger partial charge is 0.242 e. The quantitative estimate of drug-likeness (QED) is 0.473. The highest BCUT2D eigenvalue weighted by atomic mass is 16.5. The molecule has 0 bridgehead atoms. The predicted molar refractivity (Wildman–Crippen MR) is 67.9 cm³/mol. The van der Waals surface area contributed by atoms with Crippen LogP contribution >= 0.6 is 0 Å². The molecule has 1 amide bonds. The molecule has 1 aliphatic rings. The molecule has 0 spiro atoms. The highest BCUT2D eigenvalue weighted by Crippen LogP contribution is 2.30. The number of carbonyl (C=O) groups is 2. The molecule has 1 aromatic rings. The molecule has 0 aromatic heterocycles. The van der Waals surface area contributed by atoms with Crippen LogP contribution < -0.4 is 20.7 Å². The SMILES string of the molecule is CC(C)(COc1ccc2c(c1)OCC2=O)C(=O)NN. The van der Waals surface area contributed by atoms with E-state index < -0.39 is 5.41 Å². The lowest BCUT2D eigenvalue weighted by Gasteiger charge is -2.22. The lowest BCUT2D eigenvalue weighted by Crippen LogP contribution is -2.44. The normalized spacial score (nSPS) is 13.7. The minimum Gasteiger partial charge on any atom is -0.492 e. The number of ketones is 1. The highest BCUT2D eigenvalue weighted by Gasteiger charge is 2.28. The van der Waals surface area contributed by atoms with Gasteiger partial charge in [-0.05, 0) is 26.0 Å². The summed E-state index contributed by atoms with van der Waals surface area (Å²) in [6.07, 6.45) is 0. The Kier molecular flexibility index (Phi) is 3.44. The van der Waals surface area contributed by atoms with Gasteiger partial charge in [0.15, 0.2) is 6.61 Å². The van der Waals surface area contributed by atoms with Gasteiger partial charge in [0, 0.05) is 6.07 Å². The zero-order valence-electron chi connectivity index (χ0n) is 10.9. The van der Waals surface area contributed by atoms with Crippen LogP contribution in [-0.2, 0) is 4.79 Å². The maximum Gasteiger partial charge on any atom is 0.242 e.